The second-order valence-electron chi connectivity index (χ2n) is 22.7. The van der Waals surface area contributed by atoms with E-state index >= 15 is 0 Å². The molecule has 20 heteroatoms. The summed E-state index contributed by atoms with van der Waals surface area (Å²) >= 11 is 0. The van der Waals surface area contributed by atoms with Crippen LogP contribution in [0.1, 0.15) is 113 Å². The fourth-order valence-corrected chi connectivity index (χ4v) is 14.3. The number of carboxylic acid groups (broad SMARTS) is 3. The molecule has 0 radical (unpaired) electrons. The summed E-state index contributed by atoms with van der Waals surface area (Å²) in [7, 11) is 0. The lowest BCUT2D eigenvalue weighted by molar-refractivity contribution is -0.345. The van der Waals surface area contributed by atoms with Crippen molar-refractivity contribution < 1.29 is 98.7 Å². The van der Waals surface area contributed by atoms with E-state index in [0.717, 1.165) is 32.1 Å². The number of aliphatic hydroxyl groups excluding tert-OH is 7. The number of hydrogen-bond donors (Lipinski definition) is 10. The maximum Gasteiger partial charge on any atom is 0.337 e. The molecule has 10 N–H and O–H groups in total. The van der Waals surface area contributed by atoms with Crippen molar-refractivity contribution in [2.45, 2.75) is 193 Å². The van der Waals surface area contributed by atoms with Crippen molar-refractivity contribution in [3.63, 3.8) is 0 Å². The Morgan fingerprint density at radius 2 is 1.45 bits per heavy atom. The van der Waals surface area contributed by atoms with Crippen LogP contribution in [0.3, 0.4) is 0 Å². The van der Waals surface area contributed by atoms with Gasteiger partial charge in [0.1, 0.15) is 49.3 Å². The van der Waals surface area contributed by atoms with Gasteiger partial charge in [0.2, 0.25) is 12.4 Å². The molecule has 0 spiro atoms. The molecule has 4 saturated carbocycles. The number of aliphatic hydroxyl groups is 7. The zero-order valence-corrected chi connectivity index (χ0v) is 39.4. The average molecular weight is 957 g/mol. The van der Waals surface area contributed by atoms with Crippen molar-refractivity contribution in [2.24, 2.45) is 50.2 Å². The first-order valence-electron chi connectivity index (χ1n) is 23.6. The number of carboxylic acids is 3. The Balaban J connectivity index is 1.13. The van der Waals surface area contributed by atoms with E-state index in [-0.39, 0.29) is 39.4 Å². The van der Waals surface area contributed by atoms with Crippen LogP contribution in [0.4, 0.5) is 0 Å². The van der Waals surface area contributed by atoms with E-state index in [9.17, 15) is 65.1 Å². The zero-order valence-electron chi connectivity index (χ0n) is 39.4. The molecular formula is C47H72O20. The highest BCUT2D eigenvalue weighted by atomic mass is 16.7. The summed E-state index contributed by atoms with van der Waals surface area (Å²) < 4.78 is 34.2. The van der Waals surface area contributed by atoms with Gasteiger partial charge in [-0.2, -0.15) is 0 Å². The molecule has 7 aliphatic rings. The number of carbonyl (C=O) groups excluding carboxylic acids is 1. The molecule has 0 bridgehead atoms. The van der Waals surface area contributed by atoms with Crippen LogP contribution in [0.2, 0.25) is 0 Å². The van der Waals surface area contributed by atoms with E-state index < -0.39 is 128 Å². The number of esters is 1. The van der Waals surface area contributed by atoms with Crippen LogP contribution in [0, 0.1) is 50.2 Å². The first-order valence-corrected chi connectivity index (χ1v) is 23.6. The van der Waals surface area contributed by atoms with E-state index in [1.54, 1.807) is 0 Å². The Labute approximate surface area is 389 Å². The van der Waals surface area contributed by atoms with Crippen molar-refractivity contribution in [1.29, 1.82) is 0 Å². The Bertz CT molecular complexity index is 1920. The molecule has 67 heavy (non-hydrogen) atoms. The number of aliphatic carboxylic acids is 3. The lowest BCUT2D eigenvalue weighted by Gasteiger charge is -2.71. The summed E-state index contributed by atoms with van der Waals surface area (Å²) in [6.07, 6.45) is -13.8. The minimum Gasteiger partial charge on any atom is -0.480 e. The van der Waals surface area contributed by atoms with Gasteiger partial charge < -0.3 is 79.5 Å². The van der Waals surface area contributed by atoms with E-state index in [2.05, 4.69) is 54.5 Å². The van der Waals surface area contributed by atoms with Gasteiger partial charge in [0, 0.05) is 0 Å². The van der Waals surface area contributed by atoms with Crippen molar-refractivity contribution in [2.75, 3.05) is 13.2 Å². The summed E-state index contributed by atoms with van der Waals surface area (Å²) in [5.41, 5.74) is -1.20. The van der Waals surface area contributed by atoms with E-state index in [0.29, 0.717) is 32.1 Å². The monoisotopic (exact) mass is 956 g/mol. The molecule has 20 atom stereocenters. The molecule has 7 rings (SSSR count). The summed E-state index contributed by atoms with van der Waals surface area (Å²) in [6, 6.07) is 0. The minimum absolute atomic E-state index is 0.0494. The van der Waals surface area contributed by atoms with Crippen LogP contribution in [0.5, 0.6) is 0 Å². The van der Waals surface area contributed by atoms with Gasteiger partial charge in [0.15, 0.2) is 18.7 Å². The molecule has 380 valence electrons. The number of ether oxygens (including phenoxy) is 6. The average Bonchev–Trinajstić information content (AvgIpc) is 3.24. The lowest BCUT2D eigenvalue weighted by Crippen LogP contribution is -2.66. The van der Waals surface area contributed by atoms with Crippen molar-refractivity contribution in [3.8, 4) is 0 Å². The lowest BCUT2D eigenvalue weighted by atomic mass is 9.33. The molecule has 0 amide bonds. The van der Waals surface area contributed by atoms with Gasteiger partial charge in [-0.05, 0) is 109 Å². The van der Waals surface area contributed by atoms with E-state index in [4.69, 9.17) is 33.5 Å². The largest absolute Gasteiger partial charge is 0.480 e. The topological polar surface area (TPSA) is 326 Å². The third-order valence-corrected chi connectivity index (χ3v) is 18.3. The van der Waals surface area contributed by atoms with Crippen LogP contribution in [-0.2, 0) is 47.6 Å². The fraction of sp³-hybridized carbons (Fsp3) is 0.872. The van der Waals surface area contributed by atoms with Crippen molar-refractivity contribution in [1.82, 2.24) is 0 Å². The molecule has 0 aromatic rings. The Morgan fingerprint density at radius 3 is 2.07 bits per heavy atom. The predicted molar refractivity (Wildman–Crippen MR) is 228 cm³/mol. The zero-order chi connectivity index (χ0) is 49.6. The molecule has 6 fully saturated rings. The SMILES string of the molecule is CC1(C)CC[C@]2(C(=O)O[C@@H]3O[C@H](CO)[C@@H](O)[C@H](O)[C@H]3O)CC[C@]3(C)C(=CC[C@@H]4[C@@]5(C)CC[C@@H](O[C@@H]6O[C@H](C(=O)O)[C@@H](O)[C@H](OC(OCC(=O)O)C(O)C(=O)O)[C@H]6O)C(C)(C)[C@@H]5CC[C@]43C)[C@@H]2C1. The maximum atomic E-state index is 14.7. The predicted octanol–water partition coefficient (Wildman–Crippen LogP) is 1.31. The molecular weight excluding hydrogens is 884 g/mol. The number of rotatable bonds is 13. The van der Waals surface area contributed by atoms with Gasteiger partial charge in [0.05, 0.1) is 18.1 Å². The maximum absolute atomic E-state index is 14.7. The molecule has 2 unspecified atom stereocenters. The van der Waals surface area contributed by atoms with Gasteiger partial charge in [-0.25, -0.2) is 14.4 Å². The first-order chi connectivity index (χ1) is 31.1. The first kappa shape index (κ1) is 52.0. The number of carbonyl (C=O) groups is 4. The van der Waals surface area contributed by atoms with Crippen LogP contribution in [-0.4, -0.2) is 168 Å². The fourth-order valence-electron chi connectivity index (χ4n) is 14.3. The number of hydrogen-bond acceptors (Lipinski definition) is 17. The van der Waals surface area contributed by atoms with Gasteiger partial charge in [-0.1, -0.05) is 60.1 Å². The van der Waals surface area contributed by atoms with E-state index in [1.807, 2.05) is 0 Å². The Morgan fingerprint density at radius 1 is 0.776 bits per heavy atom. The van der Waals surface area contributed by atoms with Crippen LogP contribution in [0.25, 0.3) is 0 Å². The summed E-state index contributed by atoms with van der Waals surface area (Å²) in [5.74, 6) is -5.54. The number of fused-ring (bicyclic) bond motifs is 7. The second-order valence-corrected chi connectivity index (χ2v) is 22.7. The van der Waals surface area contributed by atoms with Crippen LogP contribution >= 0.6 is 0 Å². The van der Waals surface area contributed by atoms with Gasteiger partial charge in [0.25, 0.3) is 0 Å². The standard InChI is InChI=1S/C47H72O20/c1-42(2)14-16-47(41(61)67-39-30(53)29(52)28(51)23(19-48)63-39)17-15-45(6)21(22(47)18-42)8-9-25-44(5)12-11-26(43(3,4)24(44)10-13-46(25,45)7)64-40-32(55)34(31(54)35(66-40)37(59)60)65-38(33(56)36(57)58)62-20-27(49)50/h8,22-26,28-35,38-40,48,51-56H,9-20H2,1-7H3,(H,49,50)(H,57,58)(H,59,60)/t22-,23+,24-,25+,26+,28+,29-,30+,31-,32+,33?,34-,35-,38?,39-,40+,44-,45+,46+,47-/m0/s1. The highest BCUT2D eigenvalue weighted by Crippen LogP contribution is 2.76. The van der Waals surface area contributed by atoms with Gasteiger partial charge in [-0.15, -0.1) is 0 Å². The Kier molecular flexibility index (Phi) is 14.3. The highest BCUT2D eigenvalue weighted by molar-refractivity contribution is 5.79. The van der Waals surface area contributed by atoms with Gasteiger partial charge >= 0.3 is 23.9 Å². The normalized spacial score (nSPS) is 46.5. The quantitative estimate of drug-likeness (QED) is 0.0538. The molecule has 2 heterocycles. The smallest absolute Gasteiger partial charge is 0.337 e. The molecule has 0 aromatic heterocycles. The van der Waals surface area contributed by atoms with Gasteiger partial charge in [-0.3, -0.25) is 4.79 Å². The van der Waals surface area contributed by atoms with Crippen molar-refractivity contribution >= 4 is 23.9 Å². The van der Waals surface area contributed by atoms with E-state index in [1.165, 1.54) is 5.57 Å². The second kappa shape index (κ2) is 18.4. The van der Waals surface area contributed by atoms with Crippen LogP contribution < -0.4 is 0 Å². The summed E-state index contributed by atoms with van der Waals surface area (Å²) in [6.45, 7) is 13.8. The highest BCUT2D eigenvalue weighted by Gasteiger charge is 2.70. The number of allylic oxidation sites excluding steroid dienone is 2. The summed E-state index contributed by atoms with van der Waals surface area (Å²) in [5, 5.41) is 103. The Hall–Kier alpha value is -2.86. The van der Waals surface area contributed by atoms with Crippen molar-refractivity contribution in [3.05, 3.63) is 11.6 Å². The molecule has 20 nitrogen and oxygen atoms in total. The molecule has 2 saturated heterocycles. The van der Waals surface area contributed by atoms with Crippen LogP contribution in [0.15, 0.2) is 11.6 Å². The molecule has 0 aromatic carbocycles. The minimum atomic E-state index is -2.48. The third-order valence-electron chi connectivity index (χ3n) is 18.3. The third kappa shape index (κ3) is 8.65. The molecule has 2 aliphatic heterocycles. The molecule has 5 aliphatic carbocycles. The summed E-state index contributed by atoms with van der Waals surface area (Å²) in [4.78, 5) is 49.9.